The van der Waals surface area contributed by atoms with Crippen molar-refractivity contribution in [3.05, 3.63) is 24.3 Å². The first kappa shape index (κ1) is 12.2. The number of ether oxygens (including phenoxy) is 2. The van der Waals surface area contributed by atoms with E-state index in [1.807, 2.05) is 0 Å². The highest BCUT2D eigenvalue weighted by Crippen LogP contribution is 2.20. The largest absolute Gasteiger partial charge is 0.479 e. The summed E-state index contributed by atoms with van der Waals surface area (Å²) in [4.78, 5) is 10.5. The van der Waals surface area contributed by atoms with Crippen molar-refractivity contribution in [1.82, 2.24) is 0 Å². The Kier molecular flexibility index (Phi) is 4.04. The van der Waals surface area contributed by atoms with Gasteiger partial charge in [-0.1, -0.05) is 0 Å². The molecule has 6 heteroatoms. The van der Waals surface area contributed by atoms with E-state index in [0.717, 1.165) is 0 Å². The molecule has 4 nitrogen and oxygen atoms in total. The number of benzene rings is 1. The summed E-state index contributed by atoms with van der Waals surface area (Å²) >= 11 is 0. The zero-order valence-corrected chi connectivity index (χ0v) is 8.39. The lowest BCUT2D eigenvalue weighted by Gasteiger charge is -2.10. The van der Waals surface area contributed by atoms with Crippen LogP contribution in [-0.2, 0) is 4.79 Å². The minimum Gasteiger partial charge on any atom is -0.479 e. The van der Waals surface area contributed by atoms with Crippen LogP contribution in [0, 0.1) is 0 Å². The third-order valence-corrected chi connectivity index (χ3v) is 1.71. The number of aliphatic carboxylic acids is 1. The first-order valence-corrected chi connectivity index (χ1v) is 4.43. The molecule has 0 spiro atoms. The Balaban J connectivity index is 2.61. The average molecular weight is 232 g/mol. The fourth-order valence-electron chi connectivity index (χ4n) is 0.954. The lowest BCUT2D eigenvalue weighted by Crippen LogP contribution is -2.22. The Morgan fingerprint density at radius 2 is 1.62 bits per heavy atom. The molecule has 0 aliphatic rings. The van der Waals surface area contributed by atoms with Crippen LogP contribution in [0.2, 0.25) is 0 Å². The molecule has 0 aliphatic carbocycles. The third kappa shape index (κ3) is 3.72. The molecule has 0 bridgehead atoms. The highest BCUT2D eigenvalue weighted by Gasteiger charge is 2.12. The lowest BCUT2D eigenvalue weighted by molar-refractivity contribution is -0.144. The Morgan fingerprint density at radius 1 is 1.19 bits per heavy atom. The minimum absolute atomic E-state index is 0.00896. The molecule has 88 valence electrons. The van der Waals surface area contributed by atoms with E-state index in [-0.39, 0.29) is 11.5 Å². The maximum Gasteiger partial charge on any atom is 0.387 e. The van der Waals surface area contributed by atoms with Crippen LogP contribution in [-0.4, -0.2) is 23.8 Å². The summed E-state index contributed by atoms with van der Waals surface area (Å²) in [6.07, 6.45) is -0.998. The second kappa shape index (κ2) is 5.29. The zero-order chi connectivity index (χ0) is 12.1. The van der Waals surface area contributed by atoms with Gasteiger partial charge in [-0.05, 0) is 31.2 Å². The highest BCUT2D eigenvalue weighted by atomic mass is 19.3. The summed E-state index contributed by atoms with van der Waals surface area (Å²) in [7, 11) is 0. The Hall–Kier alpha value is -1.85. The van der Waals surface area contributed by atoms with Gasteiger partial charge in [0.25, 0.3) is 0 Å². The molecule has 1 atom stereocenters. The summed E-state index contributed by atoms with van der Waals surface area (Å²) in [6, 6.07) is 5.26. The molecule has 1 N–H and O–H groups in total. The molecule has 1 unspecified atom stereocenters. The number of carboxylic acids is 1. The Labute approximate surface area is 90.4 Å². The van der Waals surface area contributed by atoms with Crippen molar-refractivity contribution in [3.63, 3.8) is 0 Å². The predicted octanol–water partition coefficient (Wildman–Crippen LogP) is 2.14. The van der Waals surface area contributed by atoms with Crippen molar-refractivity contribution >= 4 is 5.97 Å². The van der Waals surface area contributed by atoms with Gasteiger partial charge in [0.2, 0.25) is 0 Å². The molecule has 0 saturated heterocycles. The van der Waals surface area contributed by atoms with E-state index in [1.165, 1.54) is 31.2 Å². The molecule has 0 fully saturated rings. The number of alkyl halides is 2. The van der Waals surface area contributed by atoms with Crippen molar-refractivity contribution < 1.29 is 28.2 Å². The number of carboxylic acid groups (broad SMARTS) is 1. The van der Waals surface area contributed by atoms with Gasteiger partial charge in [0, 0.05) is 0 Å². The summed E-state index contributed by atoms with van der Waals surface area (Å²) in [5.41, 5.74) is 0. The second-order valence-electron chi connectivity index (χ2n) is 2.95. The van der Waals surface area contributed by atoms with E-state index in [1.54, 1.807) is 0 Å². The molecule has 1 aromatic carbocycles. The molecule has 1 aromatic rings. The van der Waals surface area contributed by atoms with Crippen LogP contribution in [0.4, 0.5) is 8.78 Å². The maximum absolute atomic E-state index is 11.8. The van der Waals surface area contributed by atoms with Crippen LogP contribution in [0.15, 0.2) is 24.3 Å². The fraction of sp³-hybridized carbons (Fsp3) is 0.300. The third-order valence-electron chi connectivity index (χ3n) is 1.71. The normalized spacial score (nSPS) is 12.2. The van der Waals surface area contributed by atoms with Gasteiger partial charge in [-0.2, -0.15) is 8.78 Å². The van der Waals surface area contributed by atoms with E-state index in [9.17, 15) is 13.6 Å². The van der Waals surface area contributed by atoms with E-state index in [2.05, 4.69) is 4.74 Å². The van der Waals surface area contributed by atoms with Crippen molar-refractivity contribution in [2.24, 2.45) is 0 Å². The second-order valence-corrected chi connectivity index (χ2v) is 2.95. The highest BCUT2D eigenvalue weighted by molar-refractivity contribution is 5.72. The van der Waals surface area contributed by atoms with Gasteiger partial charge >= 0.3 is 12.6 Å². The lowest BCUT2D eigenvalue weighted by atomic mass is 10.3. The number of hydrogen-bond donors (Lipinski definition) is 1. The molecule has 16 heavy (non-hydrogen) atoms. The molecule has 0 saturated carbocycles. The molecule has 0 amide bonds. The first-order valence-electron chi connectivity index (χ1n) is 4.43. The average Bonchev–Trinajstić information content (AvgIpc) is 2.20. The van der Waals surface area contributed by atoms with Gasteiger partial charge in [-0.25, -0.2) is 4.79 Å². The molecule has 0 aliphatic heterocycles. The summed E-state index contributed by atoms with van der Waals surface area (Å²) < 4.78 is 32.7. The minimum atomic E-state index is -2.88. The van der Waals surface area contributed by atoms with Crippen molar-refractivity contribution in [2.45, 2.75) is 19.6 Å². The van der Waals surface area contributed by atoms with Crippen LogP contribution in [0.1, 0.15) is 6.92 Å². The quantitative estimate of drug-likeness (QED) is 0.844. The van der Waals surface area contributed by atoms with Crippen molar-refractivity contribution in [1.29, 1.82) is 0 Å². The Morgan fingerprint density at radius 3 is 2.00 bits per heavy atom. The number of hydrogen-bond acceptors (Lipinski definition) is 3. The molecule has 1 rings (SSSR count). The topological polar surface area (TPSA) is 55.8 Å². The summed E-state index contributed by atoms with van der Waals surface area (Å²) in [5.74, 6) is -0.838. The molecule has 0 radical (unpaired) electrons. The van der Waals surface area contributed by atoms with Gasteiger partial charge < -0.3 is 14.6 Å². The molecular weight excluding hydrogens is 222 g/mol. The van der Waals surface area contributed by atoms with Crippen LogP contribution in [0.25, 0.3) is 0 Å². The summed E-state index contributed by atoms with van der Waals surface area (Å²) in [5, 5.41) is 8.57. The Bertz CT molecular complexity index is 350. The van der Waals surface area contributed by atoms with Crippen molar-refractivity contribution in [2.75, 3.05) is 0 Å². The first-order chi connectivity index (χ1) is 7.49. The number of rotatable bonds is 5. The van der Waals surface area contributed by atoms with Gasteiger partial charge in [0.15, 0.2) is 6.10 Å². The predicted molar refractivity (Wildman–Crippen MR) is 50.8 cm³/mol. The molecule has 0 heterocycles. The van der Waals surface area contributed by atoms with E-state index in [0.29, 0.717) is 0 Å². The molecular formula is C10H10F2O4. The van der Waals surface area contributed by atoms with Gasteiger partial charge in [-0.15, -0.1) is 0 Å². The SMILES string of the molecule is CC(Oc1ccc(OC(F)F)cc1)C(=O)O. The van der Waals surface area contributed by atoms with Crippen LogP contribution < -0.4 is 9.47 Å². The van der Waals surface area contributed by atoms with E-state index < -0.39 is 18.7 Å². The van der Waals surface area contributed by atoms with Crippen LogP contribution in [0.3, 0.4) is 0 Å². The smallest absolute Gasteiger partial charge is 0.387 e. The van der Waals surface area contributed by atoms with Crippen LogP contribution >= 0.6 is 0 Å². The van der Waals surface area contributed by atoms with Gasteiger partial charge in [0.1, 0.15) is 11.5 Å². The van der Waals surface area contributed by atoms with E-state index in [4.69, 9.17) is 9.84 Å². The number of halogens is 2. The van der Waals surface area contributed by atoms with Gasteiger partial charge in [0.05, 0.1) is 0 Å². The maximum atomic E-state index is 11.8. The standard InChI is InChI=1S/C10H10F2O4/c1-6(9(13)14)15-7-2-4-8(5-3-7)16-10(11)12/h2-6,10H,1H3,(H,13,14). The number of carbonyl (C=O) groups is 1. The summed E-state index contributed by atoms with van der Waals surface area (Å²) in [6.45, 7) is -1.52. The van der Waals surface area contributed by atoms with Gasteiger partial charge in [-0.3, -0.25) is 0 Å². The molecule has 0 aromatic heterocycles. The zero-order valence-electron chi connectivity index (χ0n) is 8.39. The fourth-order valence-corrected chi connectivity index (χ4v) is 0.954. The van der Waals surface area contributed by atoms with Crippen LogP contribution in [0.5, 0.6) is 11.5 Å². The monoisotopic (exact) mass is 232 g/mol. The van der Waals surface area contributed by atoms with Crippen molar-refractivity contribution in [3.8, 4) is 11.5 Å². The van der Waals surface area contributed by atoms with E-state index >= 15 is 0 Å².